The highest BCUT2D eigenvalue weighted by Gasteiger charge is 2.05. The lowest BCUT2D eigenvalue weighted by Crippen LogP contribution is -2.05. The molecule has 3 nitrogen and oxygen atoms in total. The number of nitrogens with zero attached hydrogens (tertiary/aromatic N) is 2. The summed E-state index contributed by atoms with van der Waals surface area (Å²) in [5.41, 5.74) is 0.875. The van der Waals surface area contributed by atoms with Gasteiger partial charge in [0.2, 0.25) is 0 Å². The summed E-state index contributed by atoms with van der Waals surface area (Å²) in [6.45, 7) is 4.65. The lowest BCUT2D eigenvalue weighted by atomic mass is 10.3. The number of aromatic nitrogens is 2. The predicted octanol–water partition coefficient (Wildman–Crippen LogP) is 3.57. The highest BCUT2D eigenvalue weighted by Crippen LogP contribution is 2.14. The summed E-state index contributed by atoms with van der Waals surface area (Å²) in [4.78, 5) is 0. The van der Waals surface area contributed by atoms with Gasteiger partial charge < -0.3 is 4.74 Å². The van der Waals surface area contributed by atoms with E-state index in [1.54, 1.807) is 12.1 Å². The smallest absolute Gasteiger partial charge is 0.132 e. The SMILES string of the molecule is CCC(C)n1ccc(COc2ccc(F)cc2)n1. The van der Waals surface area contributed by atoms with Crippen LogP contribution in [0.2, 0.25) is 0 Å². The van der Waals surface area contributed by atoms with Crippen molar-refractivity contribution in [1.82, 2.24) is 9.78 Å². The molecule has 0 saturated heterocycles. The van der Waals surface area contributed by atoms with Crippen molar-refractivity contribution in [3.63, 3.8) is 0 Å². The van der Waals surface area contributed by atoms with E-state index in [9.17, 15) is 4.39 Å². The molecule has 0 spiro atoms. The Hall–Kier alpha value is -1.84. The lowest BCUT2D eigenvalue weighted by Gasteiger charge is -2.08. The molecule has 1 unspecified atom stereocenters. The molecule has 0 amide bonds. The lowest BCUT2D eigenvalue weighted by molar-refractivity contribution is 0.297. The minimum Gasteiger partial charge on any atom is -0.487 e. The number of ether oxygens (including phenoxy) is 1. The number of hydrogen-bond donors (Lipinski definition) is 0. The van der Waals surface area contributed by atoms with Gasteiger partial charge in [-0.25, -0.2) is 4.39 Å². The molecule has 2 aromatic rings. The predicted molar refractivity (Wildman–Crippen MR) is 68.0 cm³/mol. The van der Waals surface area contributed by atoms with E-state index < -0.39 is 0 Å². The van der Waals surface area contributed by atoms with Crippen molar-refractivity contribution < 1.29 is 9.13 Å². The van der Waals surface area contributed by atoms with E-state index in [0.717, 1.165) is 12.1 Å². The fourth-order valence-corrected chi connectivity index (χ4v) is 1.58. The maximum Gasteiger partial charge on any atom is 0.132 e. The summed E-state index contributed by atoms with van der Waals surface area (Å²) in [7, 11) is 0. The number of rotatable bonds is 5. The van der Waals surface area contributed by atoms with Gasteiger partial charge in [-0.2, -0.15) is 5.10 Å². The van der Waals surface area contributed by atoms with Crippen LogP contribution in [-0.2, 0) is 6.61 Å². The van der Waals surface area contributed by atoms with Crippen molar-refractivity contribution in [2.45, 2.75) is 32.9 Å². The van der Waals surface area contributed by atoms with E-state index in [-0.39, 0.29) is 5.82 Å². The van der Waals surface area contributed by atoms with Crippen molar-refractivity contribution in [2.75, 3.05) is 0 Å². The van der Waals surface area contributed by atoms with Crippen molar-refractivity contribution in [3.05, 3.63) is 48.0 Å². The second kappa shape index (κ2) is 5.67. The molecule has 0 N–H and O–H groups in total. The third kappa shape index (κ3) is 3.09. The van der Waals surface area contributed by atoms with Crippen LogP contribution in [-0.4, -0.2) is 9.78 Å². The Morgan fingerprint density at radius 2 is 2.00 bits per heavy atom. The van der Waals surface area contributed by atoms with Crippen LogP contribution in [0.4, 0.5) is 4.39 Å². The van der Waals surface area contributed by atoms with E-state index in [1.165, 1.54) is 12.1 Å². The molecule has 2 rings (SSSR count). The molecule has 0 aliphatic rings. The molecule has 0 aliphatic carbocycles. The van der Waals surface area contributed by atoms with Crippen LogP contribution in [0.1, 0.15) is 32.0 Å². The average Bonchev–Trinajstić information content (AvgIpc) is 2.86. The first-order chi connectivity index (χ1) is 8.69. The first-order valence-corrected chi connectivity index (χ1v) is 6.11. The fourth-order valence-electron chi connectivity index (χ4n) is 1.58. The Bertz CT molecular complexity index is 493. The molecule has 1 heterocycles. The maximum atomic E-state index is 12.7. The molecule has 0 saturated carbocycles. The first kappa shape index (κ1) is 12.6. The summed E-state index contributed by atoms with van der Waals surface area (Å²) < 4.78 is 20.2. The minimum absolute atomic E-state index is 0.261. The molecular weight excluding hydrogens is 231 g/mol. The second-order valence-corrected chi connectivity index (χ2v) is 4.29. The Kier molecular flexibility index (Phi) is 3.97. The Balaban J connectivity index is 1.94. The second-order valence-electron chi connectivity index (χ2n) is 4.29. The van der Waals surface area contributed by atoms with Gasteiger partial charge in [-0.3, -0.25) is 4.68 Å². The topological polar surface area (TPSA) is 27.1 Å². The van der Waals surface area contributed by atoms with Crippen LogP contribution in [0.3, 0.4) is 0 Å². The molecule has 1 aromatic heterocycles. The maximum absolute atomic E-state index is 12.7. The summed E-state index contributed by atoms with van der Waals surface area (Å²) in [6, 6.07) is 8.32. The molecule has 18 heavy (non-hydrogen) atoms. The van der Waals surface area contributed by atoms with Gasteiger partial charge in [0.25, 0.3) is 0 Å². The van der Waals surface area contributed by atoms with Crippen LogP contribution in [0.15, 0.2) is 36.5 Å². The van der Waals surface area contributed by atoms with Crippen LogP contribution in [0.5, 0.6) is 5.75 Å². The van der Waals surface area contributed by atoms with E-state index in [1.807, 2.05) is 16.9 Å². The largest absolute Gasteiger partial charge is 0.487 e. The molecule has 1 aromatic carbocycles. The van der Waals surface area contributed by atoms with Crippen molar-refractivity contribution in [3.8, 4) is 5.75 Å². The van der Waals surface area contributed by atoms with Gasteiger partial charge in [0.15, 0.2) is 0 Å². The summed E-state index contributed by atoms with van der Waals surface area (Å²) in [5, 5.41) is 4.43. The summed E-state index contributed by atoms with van der Waals surface area (Å²) >= 11 is 0. The van der Waals surface area contributed by atoms with Gasteiger partial charge in [-0.1, -0.05) is 6.92 Å². The fraction of sp³-hybridized carbons (Fsp3) is 0.357. The minimum atomic E-state index is -0.261. The Labute approximate surface area is 106 Å². The quantitative estimate of drug-likeness (QED) is 0.808. The molecule has 0 fully saturated rings. The van der Waals surface area contributed by atoms with Crippen LogP contribution in [0, 0.1) is 5.82 Å². The van der Waals surface area contributed by atoms with Crippen molar-refractivity contribution >= 4 is 0 Å². The standard InChI is InChI=1S/C14H17FN2O/c1-3-11(2)17-9-8-13(16-17)10-18-14-6-4-12(15)5-7-14/h4-9,11H,3,10H2,1-2H3. The normalized spacial score (nSPS) is 12.4. The van der Waals surface area contributed by atoms with E-state index in [0.29, 0.717) is 18.4 Å². The molecule has 0 bridgehead atoms. The first-order valence-electron chi connectivity index (χ1n) is 6.11. The van der Waals surface area contributed by atoms with Gasteiger partial charge in [0.05, 0.1) is 5.69 Å². The Morgan fingerprint density at radius 3 is 2.67 bits per heavy atom. The molecule has 0 radical (unpaired) electrons. The number of halogens is 1. The average molecular weight is 248 g/mol. The molecule has 1 atom stereocenters. The molecular formula is C14H17FN2O. The van der Waals surface area contributed by atoms with Gasteiger partial charge in [-0.15, -0.1) is 0 Å². The van der Waals surface area contributed by atoms with Gasteiger partial charge in [0, 0.05) is 12.2 Å². The van der Waals surface area contributed by atoms with Crippen molar-refractivity contribution in [2.24, 2.45) is 0 Å². The van der Waals surface area contributed by atoms with Gasteiger partial charge >= 0.3 is 0 Å². The van der Waals surface area contributed by atoms with Crippen LogP contribution >= 0.6 is 0 Å². The zero-order valence-corrected chi connectivity index (χ0v) is 10.6. The van der Waals surface area contributed by atoms with Gasteiger partial charge in [-0.05, 0) is 43.7 Å². The highest BCUT2D eigenvalue weighted by atomic mass is 19.1. The third-order valence-corrected chi connectivity index (χ3v) is 2.91. The van der Waals surface area contributed by atoms with Gasteiger partial charge in [0.1, 0.15) is 18.2 Å². The number of benzene rings is 1. The monoisotopic (exact) mass is 248 g/mol. The van der Waals surface area contributed by atoms with E-state index in [4.69, 9.17) is 4.74 Å². The third-order valence-electron chi connectivity index (χ3n) is 2.91. The van der Waals surface area contributed by atoms with Crippen LogP contribution < -0.4 is 4.74 Å². The summed E-state index contributed by atoms with van der Waals surface area (Å²) in [5.74, 6) is 0.387. The molecule has 0 aliphatic heterocycles. The Morgan fingerprint density at radius 1 is 1.28 bits per heavy atom. The molecule has 4 heteroatoms. The number of hydrogen-bond acceptors (Lipinski definition) is 2. The summed E-state index contributed by atoms with van der Waals surface area (Å²) in [6.07, 6.45) is 3.00. The zero-order valence-electron chi connectivity index (χ0n) is 10.6. The molecule has 96 valence electrons. The van der Waals surface area contributed by atoms with E-state index in [2.05, 4.69) is 18.9 Å². The van der Waals surface area contributed by atoms with Crippen molar-refractivity contribution in [1.29, 1.82) is 0 Å². The van der Waals surface area contributed by atoms with E-state index >= 15 is 0 Å². The highest BCUT2D eigenvalue weighted by molar-refractivity contribution is 5.22. The zero-order chi connectivity index (χ0) is 13.0. The van der Waals surface area contributed by atoms with Crippen LogP contribution in [0.25, 0.3) is 0 Å².